The molecule has 0 saturated carbocycles. The third-order valence-corrected chi connectivity index (χ3v) is 5.79. The molecular weight excluding hydrogens is 524 g/mol. The van der Waals surface area contributed by atoms with Crippen molar-refractivity contribution in [2.75, 3.05) is 13.1 Å². The summed E-state index contributed by atoms with van der Waals surface area (Å²) in [4.78, 5) is 65.4. The molecule has 0 aliphatic carbocycles. The van der Waals surface area contributed by atoms with Crippen molar-refractivity contribution in [3.8, 4) is 0 Å². The van der Waals surface area contributed by atoms with Crippen molar-refractivity contribution in [1.29, 1.82) is 0 Å². The molecule has 1 rings (SSSR count). The lowest BCUT2D eigenvalue weighted by molar-refractivity contribution is -0.147. The highest BCUT2D eigenvalue weighted by Gasteiger charge is 2.31. The molecule has 0 aromatic heterocycles. The van der Waals surface area contributed by atoms with Crippen LogP contribution in [0.5, 0.6) is 0 Å². The largest absolute Gasteiger partial charge is 0.481 e. The van der Waals surface area contributed by atoms with Crippen LogP contribution in [0.4, 0.5) is 0 Å². The highest BCUT2D eigenvalue weighted by Crippen LogP contribution is 2.08. The summed E-state index contributed by atoms with van der Waals surface area (Å²) in [6.45, 7) is 0.600. The number of nitrogens with one attached hydrogen (secondary N) is 3. The van der Waals surface area contributed by atoms with Gasteiger partial charge in [0.1, 0.15) is 18.1 Å². The number of aliphatic carboxylic acids is 2. The molecule has 0 spiro atoms. The number of nitrogens with zero attached hydrogens (tertiary/aromatic N) is 1. The zero-order valence-corrected chi connectivity index (χ0v) is 22.3. The van der Waals surface area contributed by atoms with Crippen LogP contribution in [0.15, 0.2) is 35.3 Å². The van der Waals surface area contributed by atoms with Crippen molar-refractivity contribution in [1.82, 2.24) is 16.0 Å². The fourth-order valence-electron chi connectivity index (χ4n) is 3.67. The van der Waals surface area contributed by atoms with Gasteiger partial charge in [-0.2, -0.15) is 0 Å². The van der Waals surface area contributed by atoms with Gasteiger partial charge in [-0.1, -0.05) is 30.3 Å². The number of hydrogen-bond acceptors (Lipinski definition) is 8. The van der Waals surface area contributed by atoms with Gasteiger partial charge in [-0.15, -0.1) is 0 Å². The van der Waals surface area contributed by atoms with Crippen LogP contribution in [0.2, 0.25) is 0 Å². The topological polar surface area (TPSA) is 278 Å². The van der Waals surface area contributed by atoms with Gasteiger partial charge in [0, 0.05) is 13.0 Å². The minimum Gasteiger partial charge on any atom is -0.481 e. The number of guanidine groups is 1. The molecule has 13 N–H and O–H groups in total. The molecule has 0 heterocycles. The SMILES string of the molecule is NCCCCC(NC(=O)C(Cc1ccccc1)NC(=O)C(N)CCCN=C(N)N)C(=O)NC(CC(=O)O)C(=O)O. The number of unbranched alkanes of at least 4 members (excludes halogenated alkanes) is 1. The number of aliphatic imine (C=N–C) groups is 1. The summed E-state index contributed by atoms with van der Waals surface area (Å²) in [5.41, 5.74) is 22.8. The minimum absolute atomic E-state index is 0.0764. The van der Waals surface area contributed by atoms with Crippen molar-refractivity contribution < 1.29 is 34.2 Å². The Morgan fingerprint density at radius 3 is 1.98 bits per heavy atom. The van der Waals surface area contributed by atoms with Gasteiger partial charge < -0.3 is 49.1 Å². The van der Waals surface area contributed by atoms with Crippen LogP contribution in [-0.4, -0.2) is 83.1 Å². The van der Waals surface area contributed by atoms with Crippen molar-refractivity contribution in [2.45, 2.75) is 69.1 Å². The summed E-state index contributed by atoms with van der Waals surface area (Å²) in [5, 5.41) is 25.6. The third-order valence-electron chi connectivity index (χ3n) is 5.79. The van der Waals surface area contributed by atoms with E-state index >= 15 is 0 Å². The molecule has 1 aromatic carbocycles. The zero-order valence-electron chi connectivity index (χ0n) is 22.3. The standard InChI is InChI=1S/C25H40N8O7/c26-11-5-4-10-17(22(37)33-19(24(39)40)14-20(34)35)31-23(38)18(13-15-7-2-1-3-8-15)32-21(36)16(27)9-6-12-30-25(28)29/h1-3,7-8,16-19H,4-6,9-14,26-27H2,(H,31,38)(H,32,36)(H,33,37)(H,34,35)(H,39,40)(H4,28,29,30). The Labute approximate surface area is 232 Å². The summed E-state index contributed by atoms with van der Waals surface area (Å²) < 4.78 is 0. The number of carbonyl (C=O) groups is 5. The molecule has 0 bridgehead atoms. The molecule has 0 aliphatic heterocycles. The van der Waals surface area contributed by atoms with E-state index in [2.05, 4.69) is 20.9 Å². The summed E-state index contributed by atoms with van der Waals surface area (Å²) >= 11 is 0. The fourth-order valence-corrected chi connectivity index (χ4v) is 3.67. The first-order chi connectivity index (χ1) is 18.9. The van der Waals surface area contributed by atoms with Gasteiger partial charge in [-0.25, -0.2) is 4.79 Å². The van der Waals surface area contributed by atoms with Gasteiger partial charge in [-0.05, 0) is 44.2 Å². The van der Waals surface area contributed by atoms with Gasteiger partial charge in [0.05, 0.1) is 12.5 Å². The molecule has 0 radical (unpaired) electrons. The number of carbonyl (C=O) groups excluding carboxylic acids is 3. The molecule has 1 aromatic rings. The molecule has 0 aliphatic rings. The number of rotatable bonds is 19. The fraction of sp³-hybridized carbons (Fsp3) is 0.520. The first kappa shape index (κ1) is 33.8. The molecule has 3 amide bonds. The van der Waals surface area contributed by atoms with Crippen LogP contribution in [0.1, 0.15) is 44.1 Å². The van der Waals surface area contributed by atoms with E-state index in [1.54, 1.807) is 30.3 Å². The van der Waals surface area contributed by atoms with Gasteiger partial charge in [-0.3, -0.25) is 24.2 Å². The summed E-state index contributed by atoms with van der Waals surface area (Å²) in [5.74, 6) is -5.22. The number of carboxylic acid groups (broad SMARTS) is 2. The van der Waals surface area contributed by atoms with Crippen LogP contribution < -0.4 is 38.9 Å². The number of nitrogens with two attached hydrogens (primary N) is 4. The van der Waals surface area contributed by atoms with Crippen LogP contribution in [0.3, 0.4) is 0 Å². The first-order valence-electron chi connectivity index (χ1n) is 12.8. The third kappa shape index (κ3) is 13.5. The summed E-state index contributed by atoms with van der Waals surface area (Å²) in [6.07, 6.45) is 0.937. The van der Waals surface area contributed by atoms with Gasteiger partial charge in [0.25, 0.3) is 0 Å². The average molecular weight is 565 g/mol. The monoisotopic (exact) mass is 564 g/mol. The minimum atomic E-state index is -1.70. The molecule has 15 heteroatoms. The van der Waals surface area contributed by atoms with Gasteiger partial charge >= 0.3 is 11.9 Å². The summed E-state index contributed by atoms with van der Waals surface area (Å²) in [6, 6.07) is 3.84. The van der Waals surface area contributed by atoms with Gasteiger partial charge in [0.15, 0.2) is 5.96 Å². The van der Waals surface area contributed by atoms with Crippen LogP contribution >= 0.6 is 0 Å². The first-order valence-corrected chi connectivity index (χ1v) is 12.8. The van der Waals surface area contributed by atoms with Crippen molar-refractivity contribution >= 4 is 35.6 Å². The molecule has 0 saturated heterocycles. The molecule has 4 atom stereocenters. The smallest absolute Gasteiger partial charge is 0.326 e. The Morgan fingerprint density at radius 2 is 1.40 bits per heavy atom. The van der Waals surface area contributed by atoms with Crippen molar-refractivity contribution in [3.63, 3.8) is 0 Å². The maximum absolute atomic E-state index is 13.4. The Hall–Kier alpha value is -4.24. The lowest BCUT2D eigenvalue weighted by Crippen LogP contribution is -2.57. The molecular formula is C25H40N8O7. The molecule has 15 nitrogen and oxygen atoms in total. The van der Waals surface area contributed by atoms with E-state index in [4.69, 9.17) is 28.0 Å². The predicted octanol–water partition coefficient (Wildman–Crippen LogP) is -2.25. The van der Waals surface area contributed by atoms with E-state index < -0.39 is 60.2 Å². The van der Waals surface area contributed by atoms with E-state index in [-0.39, 0.29) is 31.8 Å². The molecule has 4 unspecified atom stereocenters. The van der Waals surface area contributed by atoms with E-state index in [1.807, 2.05) is 0 Å². The predicted molar refractivity (Wildman–Crippen MR) is 147 cm³/mol. The number of carboxylic acids is 2. The maximum atomic E-state index is 13.4. The Bertz CT molecular complexity index is 1020. The maximum Gasteiger partial charge on any atom is 0.326 e. The lowest BCUT2D eigenvalue weighted by Gasteiger charge is -2.25. The Morgan fingerprint density at radius 1 is 0.800 bits per heavy atom. The van der Waals surface area contributed by atoms with Crippen molar-refractivity contribution in [2.24, 2.45) is 27.9 Å². The quantitative estimate of drug-likeness (QED) is 0.0491. The van der Waals surface area contributed by atoms with E-state index in [0.717, 1.165) is 5.56 Å². The Kier molecular flexibility index (Phi) is 15.3. The van der Waals surface area contributed by atoms with E-state index in [1.165, 1.54) is 0 Å². The molecule has 222 valence electrons. The van der Waals surface area contributed by atoms with Crippen molar-refractivity contribution in [3.05, 3.63) is 35.9 Å². The average Bonchev–Trinajstić information content (AvgIpc) is 2.89. The van der Waals surface area contributed by atoms with E-state index in [0.29, 0.717) is 25.8 Å². The summed E-state index contributed by atoms with van der Waals surface area (Å²) in [7, 11) is 0. The highest BCUT2D eigenvalue weighted by atomic mass is 16.4. The highest BCUT2D eigenvalue weighted by molar-refractivity contribution is 5.94. The lowest BCUT2D eigenvalue weighted by atomic mass is 10.0. The molecule has 0 fully saturated rings. The number of benzene rings is 1. The van der Waals surface area contributed by atoms with Crippen LogP contribution in [-0.2, 0) is 30.4 Å². The normalized spacial score (nSPS) is 13.7. The number of hydrogen-bond donors (Lipinski definition) is 9. The second-order valence-corrected chi connectivity index (χ2v) is 9.15. The van der Waals surface area contributed by atoms with Gasteiger partial charge in [0.2, 0.25) is 17.7 Å². The second-order valence-electron chi connectivity index (χ2n) is 9.15. The van der Waals surface area contributed by atoms with Crippen LogP contribution in [0, 0.1) is 0 Å². The van der Waals surface area contributed by atoms with E-state index in [9.17, 15) is 29.1 Å². The number of amides is 3. The van der Waals surface area contributed by atoms with Crippen LogP contribution in [0.25, 0.3) is 0 Å². The second kappa shape index (κ2) is 18.1. The Balaban J connectivity index is 3.06. The zero-order chi connectivity index (χ0) is 30.1. The molecule has 40 heavy (non-hydrogen) atoms.